The van der Waals surface area contributed by atoms with Gasteiger partial charge in [0, 0.05) is 17.3 Å². The summed E-state index contributed by atoms with van der Waals surface area (Å²) in [5.41, 5.74) is 2.74. The lowest BCUT2D eigenvalue weighted by atomic mass is 10.0. The molecule has 1 nitrogen and oxygen atoms in total. The summed E-state index contributed by atoms with van der Waals surface area (Å²) in [6.07, 6.45) is 2.26. The van der Waals surface area contributed by atoms with Crippen molar-refractivity contribution in [3.63, 3.8) is 0 Å². The number of benzene rings is 1. The SMILES string of the molecule is CCCNC(Cc1cccs1)c1cccc(C)c1. The lowest BCUT2D eigenvalue weighted by molar-refractivity contribution is 0.532. The van der Waals surface area contributed by atoms with E-state index in [2.05, 4.69) is 60.9 Å². The second-order valence-corrected chi connectivity index (χ2v) is 5.74. The van der Waals surface area contributed by atoms with E-state index in [1.54, 1.807) is 0 Å². The molecule has 1 unspecified atom stereocenters. The normalized spacial score (nSPS) is 12.6. The van der Waals surface area contributed by atoms with E-state index in [0.29, 0.717) is 6.04 Å². The van der Waals surface area contributed by atoms with E-state index < -0.39 is 0 Å². The Bertz CT molecular complexity index is 462. The van der Waals surface area contributed by atoms with Crippen LogP contribution in [-0.2, 0) is 6.42 Å². The van der Waals surface area contributed by atoms with Crippen LogP contribution in [0.15, 0.2) is 41.8 Å². The topological polar surface area (TPSA) is 12.0 Å². The van der Waals surface area contributed by atoms with Crippen LogP contribution in [0.3, 0.4) is 0 Å². The molecule has 0 spiro atoms. The predicted molar refractivity (Wildman–Crippen MR) is 80.2 cm³/mol. The zero-order chi connectivity index (χ0) is 12.8. The van der Waals surface area contributed by atoms with Gasteiger partial charge < -0.3 is 5.32 Å². The van der Waals surface area contributed by atoms with Gasteiger partial charge in [0.1, 0.15) is 0 Å². The number of hydrogen-bond donors (Lipinski definition) is 1. The van der Waals surface area contributed by atoms with Gasteiger partial charge in [0.05, 0.1) is 0 Å². The lowest BCUT2D eigenvalue weighted by Gasteiger charge is -2.19. The Balaban J connectivity index is 2.13. The van der Waals surface area contributed by atoms with Gasteiger partial charge in [0.15, 0.2) is 0 Å². The predicted octanol–water partition coefficient (Wildman–Crippen LogP) is 4.34. The van der Waals surface area contributed by atoms with Gasteiger partial charge in [-0.15, -0.1) is 11.3 Å². The molecular weight excluding hydrogens is 238 g/mol. The highest BCUT2D eigenvalue weighted by molar-refractivity contribution is 7.09. The molecule has 1 aromatic carbocycles. The zero-order valence-corrected chi connectivity index (χ0v) is 12.0. The molecule has 18 heavy (non-hydrogen) atoms. The van der Waals surface area contributed by atoms with E-state index in [9.17, 15) is 0 Å². The van der Waals surface area contributed by atoms with Crippen molar-refractivity contribution >= 4 is 11.3 Å². The highest BCUT2D eigenvalue weighted by atomic mass is 32.1. The van der Waals surface area contributed by atoms with Crippen molar-refractivity contribution in [1.82, 2.24) is 5.32 Å². The molecular formula is C16H21NS. The van der Waals surface area contributed by atoms with Crippen LogP contribution in [0.1, 0.15) is 35.4 Å². The fraction of sp³-hybridized carbons (Fsp3) is 0.375. The number of nitrogens with one attached hydrogen (secondary N) is 1. The van der Waals surface area contributed by atoms with Crippen molar-refractivity contribution in [3.05, 3.63) is 57.8 Å². The van der Waals surface area contributed by atoms with Crippen LogP contribution >= 0.6 is 11.3 Å². The van der Waals surface area contributed by atoms with Crippen molar-refractivity contribution in [1.29, 1.82) is 0 Å². The molecule has 0 radical (unpaired) electrons. The zero-order valence-electron chi connectivity index (χ0n) is 11.1. The third-order valence-corrected chi connectivity index (χ3v) is 3.97. The lowest BCUT2D eigenvalue weighted by Crippen LogP contribution is -2.23. The van der Waals surface area contributed by atoms with Gasteiger partial charge in [0.25, 0.3) is 0 Å². The van der Waals surface area contributed by atoms with E-state index >= 15 is 0 Å². The largest absolute Gasteiger partial charge is 0.310 e. The molecule has 1 N–H and O–H groups in total. The maximum atomic E-state index is 3.66. The summed E-state index contributed by atoms with van der Waals surface area (Å²) in [7, 11) is 0. The molecule has 0 amide bonds. The van der Waals surface area contributed by atoms with Gasteiger partial charge in [-0.3, -0.25) is 0 Å². The van der Waals surface area contributed by atoms with Crippen molar-refractivity contribution < 1.29 is 0 Å². The summed E-state index contributed by atoms with van der Waals surface area (Å²) in [5.74, 6) is 0. The van der Waals surface area contributed by atoms with Gasteiger partial charge in [-0.05, 0) is 36.9 Å². The van der Waals surface area contributed by atoms with Gasteiger partial charge >= 0.3 is 0 Å². The number of hydrogen-bond acceptors (Lipinski definition) is 2. The summed E-state index contributed by atoms with van der Waals surface area (Å²) >= 11 is 1.84. The summed E-state index contributed by atoms with van der Waals surface area (Å²) in [5, 5.41) is 5.81. The fourth-order valence-corrected chi connectivity index (χ4v) is 2.90. The van der Waals surface area contributed by atoms with Crippen LogP contribution in [0, 0.1) is 6.92 Å². The van der Waals surface area contributed by atoms with Crippen LogP contribution in [0.25, 0.3) is 0 Å². The molecule has 2 rings (SSSR count). The molecule has 0 saturated heterocycles. The maximum Gasteiger partial charge on any atom is 0.0368 e. The first-order chi connectivity index (χ1) is 8.79. The Labute approximate surface area is 114 Å². The minimum absolute atomic E-state index is 0.434. The molecule has 0 fully saturated rings. The van der Waals surface area contributed by atoms with Gasteiger partial charge in [-0.25, -0.2) is 0 Å². The molecule has 2 aromatic rings. The Morgan fingerprint density at radius 3 is 2.78 bits per heavy atom. The Hall–Kier alpha value is -1.12. The van der Waals surface area contributed by atoms with Crippen LogP contribution in [0.5, 0.6) is 0 Å². The second-order valence-electron chi connectivity index (χ2n) is 4.70. The quantitative estimate of drug-likeness (QED) is 0.813. The van der Waals surface area contributed by atoms with E-state index in [1.807, 2.05) is 11.3 Å². The molecule has 1 aromatic heterocycles. The second kappa shape index (κ2) is 6.72. The molecule has 1 atom stereocenters. The van der Waals surface area contributed by atoms with Crippen molar-refractivity contribution in [2.75, 3.05) is 6.54 Å². The molecule has 2 heteroatoms. The highest BCUT2D eigenvalue weighted by Gasteiger charge is 2.12. The number of aryl methyl sites for hydroxylation is 1. The summed E-state index contributed by atoms with van der Waals surface area (Å²) in [4.78, 5) is 1.45. The first kappa shape index (κ1) is 13.3. The van der Waals surface area contributed by atoms with Crippen molar-refractivity contribution in [2.24, 2.45) is 0 Å². The van der Waals surface area contributed by atoms with Gasteiger partial charge in [-0.1, -0.05) is 42.8 Å². The molecule has 96 valence electrons. The summed E-state index contributed by atoms with van der Waals surface area (Å²) in [6.45, 7) is 5.45. The maximum absolute atomic E-state index is 3.66. The summed E-state index contributed by atoms with van der Waals surface area (Å²) < 4.78 is 0. The third kappa shape index (κ3) is 3.69. The molecule has 0 aliphatic carbocycles. The van der Waals surface area contributed by atoms with Gasteiger partial charge in [-0.2, -0.15) is 0 Å². The Morgan fingerprint density at radius 1 is 1.22 bits per heavy atom. The van der Waals surface area contributed by atoms with Crippen LogP contribution < -0.4 is 5.32 Å². The van der Waals surface area contributed by atoms with E-state index in [0.717, 1.165) is 13.0 Å². The number of thiophene rings is 1. The smallest absolute Gasteiger partial charge is 0.0368 e. The molecule has 0 aliphatic rings. The van der Waals surface area contributed by atoms with Crippen LogP contribution in [0.2, 0.25) is 0 Å². The first-order valence-corrected chi connectivity index (χ1v) is 7.50. The minimum atomic E-state index is 0.434. The van der Waals surface area contributed by atoms with Crippen molar-refractivity contribution in [3.8, 4) is 0 Å². The van der Waals surface area contributed by atoms with E-state index in [-0.39, 0.29) is 0 Å². The molecule has 0 aliphatic heterocycles. The molecule has 0 saturated carbocycles. The Morgan fingerprint density at radius 2 is 2.11 bits per heavy atom. The van der Waals surface area contributed by atoms with Gasteiger partial charge in [0.2, 0.25) is 0 Å². The Kier molecular flexibility index (Phi) is 4.97. The highest BCUT2D eigenvalue weighted by Crippen LogP contribution is 2.22. The fourth-order valence-electron chi connectivity index (χ4n) is 2.14. The molecule has 1 heterocycles. The van der Waals surface area contributed by atoms with Crippen LogP contribution in [0.4, 0.5) is 0 Å². The van der Waals surface area contributed by atoms with E-state index in [4.69, 9.17) is 0 Å². The average molecular weight is 259 g/mol. The summed E-state index contributed by atoms with van der Waals surface area (Å²) in [6, 6.07) is 13.6. The minimum Gasteiger partial charge on any atom is -0.310 e. The van der Waals surface area contributed by atoms with E-state index in [1.165, 1.54) is 22.4 Å². The monoisotopic (exact) mass is 259 g/mol. The average Bonchev–Trinajstić information content (AvgIpc) is 2.87. The molecule has 0 bridgehead atoms. The van der Waals surface area contributed by atoms with Crippen molar-refractivity contribution in [2.45, 2.75) is 32.7 Å². The first-order valence-electron chi connectivity index (χ1n) is 6.62. The third-order valence-electron chi connectivity index (χ3n) is 3.07. The standard InChI is InChI=1S/C16H21NS/c1-3-9-17-16(12-15-8-5-10-18-15)14-7-4-6-13(2)11-14/h4-8,10-11,16-17H,3,9,12H2,1-2H3. The number of rotatable bonds is 6. The van der Waals surface area contributed by atoms with Crippen LogP contribution in [-0.4, -0.2) is 6.54 Å².